The standard InChI is InChI=1S/C10H8N2O3/c1-6-4-8-7(5-9(6)12(14)15)10(13)2-3-11-8/h2-5H,1H3,(H,11,13). The minimum Gasteiger partial charge on any atom is -0.361 e. The van der Waals surface area contributed by atoms with Gasteiger partial charge in [0.05, 0.1) is 15.8 Å². The van der Waals surface area contributed by atoms with Gasteiger partial charge in [0.25, 0.3) is 5.69 Å². The summed E-state index contributed by atoms with van der Waals surface area (Å²) in [6.45, 7) is 1.64. The maximum atomic E-state index is 11.4. The Balaban J connectivity index is 2.90. The minimum absolute atomic E-state index is 0.0285. The Morgan fingerprint density at radius 3 is 2.80 bits per heavy atom. The van der Waals surface area contributed by atoms with Gasteiger partial charge in [-0.25, -0.2) is 0 Å². The Bertz CT molecular complexity index is 601. The summed E-state index contributed by atoms with van der Waals surface area (Å²) in [6.07, 6.45) is 1.52. The zero-order chi connectivity index (χ0) is 11.0. The molecule has 2 aromatic rings. The zero-order valence-electron chi connectivity index (χ0n) is 7.98. The minimum atomic E-state index is -0.485. The number of aryl methyl sites for hydroxylation is 1. The molecule has 1 aromatic heterocycles. The summed E-state index contributed by atoms with van der Waals surface area (Å²) in [5, 5.41) is 11.0. The number of nitro groups is 1. The highest BCUT2D eigenvalue weighted by atomic mass is 16.6. The first-order valence-corrected chi connectivity index (χ1v) is 4.36. The van der Waals surface area contributed by atoms with Gasteiger partial charge in [-0.3, -0.25) is 14.9 Å². The van der Waals surface area contributed by atoms with Crippen LogP contribution in [0.3, 0.4) is 0 Å². The number of H-pyrrole nitrogens is 1. The molecule has 1 heterocycles. The lowest BCUT2D eigenvalue weighted by Crippen LogP contribution is -2.02. The van der Waals surface area contributed by atoms with Crippen molar-refractivity contribution in [1.82, 2.24) is 4.98 Å². The van der Waals surface area contributed by atoms with Gasteiger partial charge in [0.2, 0.25) is 0 Å². The van der Waals surface area contributed by atoms with Gasteiger partial charge >= 0.3 is 0 Å². The Labute approximate surface area is 84.5 Å². The van der Waals surface area contributed by atoms with Gasteiger partial charge < -0.3 is 4.98 Å². The molecule has 0 saturated carbocycles. The second-order valence-electron chi connectivity index (χ2n) is 3.28. The monoisotopic (exact) mass is 204 g/mol. The molecule has 0 aliphatic carbocycles. The van der Waals surface area contributed by atoms with Crippen LogP contribution in [0.1, 0.15) is 5.56 Å². The topological polar surface area (TPSA) is 76.0 Å². The van der Waals surface area contributed by atoms with E-state index in [2.05, 4.69) is 4.98 Å². The summed E-state index contributed by atoms with van der Waals surface area (Å²) in [6, 6.07) is 4.26. The lowest BCUT2D eigenvalue weighted by Gasteiger charge is -2.00. The number of nitrogens with one attached hydrogen (secondary N) is 1. The Morgan fingerprint density at radius 2 is 2.13 bits per heavy atom. The average Bonchev–Trinajstić information content (AvgIpc) is 2.16. The lowest BCUT2D eigenvalue weighted by atomic mass is 10.1. The van der Waals surface area contributed by atoms with Crippen LogP contribution >= 0.6 is 0 Å². The molecule has 2 rings (SSSR count). The highest BCUT2D eigenvalue weighted by Gasteiger charge is 2.12. The SMILES string of the molecule is Cc1cc2[nH]ccc(=O)c2cc1[N+](=O)[O-]. The van der Waals surface area contributed by atoms with E-state index < -0.39 is 4.92 Å². The molecular formula is C10H8N2O3. The number of hydrogen-bond donors (Lipinski definition) is 1. The summed E-state index contributed by atoms with van der Waals surface area (Å²) in [7, 11) is 0. The van der Waals surface area contributed by atoms with Gasteiger partial charge in [-0.15, -0.1) is 0 Å². The van der Waals surface area contributed by atoms with Crippen molar-refractivity contribution >= 4 is 16.6 Å². The molecule has 0 fully saturated rings. The quantitative estimate of drug-likeness (QED) is 0.567. The van der Waals surface area contributed by atoms with Crippen LogP contribution in [-0.2, 0) is 0 Å². The molecule has 0 saturated heterocycles. The van der Waals surface area contributed by atoms with Crippen molar-refractivity contribution in [3.8, 4) is 0 Å². The van der Waals surface area contributed by atoms with Gasteiger partial charge in [-0.2, -0.15) is 0 Å². The lowest BCUT2D eigenvalue weighted by molar-refractivity contribution is -0.385. The van der Waals surface area contributed by atoms with Crippen LogP contribution in [0.15, 0.2) is 29.2 Å². The summed E-state index contributed by atoms with van der Waals surface area (Å²) in [4.78, 5) is 24.5. The first-order chi connectivity index (χ1) is 7.09. The van der Waals surface area contributed by atoms with Crippen molar-refractivity contribution in [3.63, 3.8) is 0 Å². The van der Waals surface area contributed by atoms with Crippen molar-refractivity contribution in [2.75, 3.05) is 0 Å². The molecule has 5 nitrogen and oxygen atoms in total. The third-order valence-electron chi connectivity index (χ3n) is 2.27. The van der Waals surface area contributed by atoms with Gasteiger partial charge in [-0.1, -0.05) is 0 Å². The van der Waals surface area contributed by atoms with Crippen LogP contribution in [0, 0.1) is 17.0 Å². The van der Waals surface area contributed by atoms with E-state index in [1.165, 1.54) is 18.3 Å². The van der Waals surface area contributed by atoms with E-state index in [1.807, 2.05) is 0 Å². The number of fused-ring (bicyclic) bond motifs is 1. The Kier molecular flexibility index (Phi) is 2.00. The highest BCUT2D eigenvalue weighted by Crippen LogP contribution is 2.21. The third kappa shape index (κ3) is 1.48. The van der Waals surface area contributed by atoms with Crippen molar-refractivity contribution in [1.29, 1.82) is 0 Å². The Hall–Kier alpha value is -2.17. The van der Waals surface area contributed by atoms with Crippen LogP contribution < -0.4 is 5.43 Å². The number of aromatic nitrogens is 1. The van der Waals surface area contributed by atoms with E-state index in [-0.39, 0.29) is 11.1 Å². The molecule has 0 spiro atoms. The second-order valence-corrected chi connectivity index (χ2v) is 3.28. The van der Waals surface area contributed by atoms with Gasteiger partial charge in [-0.05, 0) is 13.0 Å². The van der Waals surface area contributed by atoms with Gasteiger partial charge in [0, 0.05) is 23.9 Å². The van der Waals surface area contributed by atoms with Gasteiger partial charge in [0.15, 0.2) is 5.43 Å². The molecule has 0 amide bonds. The number of hydrogen-bond acceptors (Lipinski definition) is 3. The highest BCUT2D eigenvalue weighted by molar-refractivity contribution is 5.82. The van der Waals surface area contributed by atoms with Gasteiger partial charge in [0.1, 0.15) is 0 Å². The van der Waals surface area contributed by atoms with Crippen LogP contribution in [0.2, 0.25) is 0 Å². The molecule has 0 bridgehead atoms. The predicted octanol–water partition coefficient (Wildman–Crippen LogP) is 1.74. The van der Waals surface area contributed by atoms with E-state index in [4.69, 9.17) is 0 Å². The number of nitro benzene ring substituents is 1. The molecule has 0 aliphatic heterocycles. The van der Waals surface area contributed by atoms with E-state index in [0.717, 1.165) is 0 Å². The molecule has 0 unspecified atom stereocenters. The first kappa shape index (κ1) is 9.39. The number of pyridine rings is 1. The smallest absolute Gasteiger partial charge is 0.273 e. The van der Waals surface area contributed by atoms with Crippen molar-refractivity contribution in [2.24, 2.45) is 0 Å². The fourth-order valence-corrected chi connectivity index (χ4v) is 1.51. The van der Waals surface area contributed by atoms with Crippen molar-refractivity contribution < 1.29 is 4.92 Å². The number of benzene rings is 1. The number of rotatable bonds is 1. The molecule has 1 N–H and O–H groups in total. The Morgan fingerprint density at radius 1 is 1.40 bits per heavy atom. The molecule has 0 radical (unpaired) electrons. The summed E-state index contributed by atoms with van der Waals surface area (Å²) in [5.74, 6) is 0. The average molecular weight is 204 g/mol. The fraction of sp³-hybridized carbons (Fsp3) is 0.100. The second kappa shape index (κ2) is 3.20. The summed E-state index contributed by atoms with van der Waals surface area (Å²) in [5.41, 5.74) is 0.908. The van der Waals surface area contributed by atoms with E-state index in [0.29, 0.717) is 16.5 Å². The maximum absolute atomic E-state index is 11.4. The first-order valence-electron chi connectivity index (χ1n) is 4.36. The molecule has 0 atom stereocenters. The van der Waals surface area contributed by atoms with E-state index >= 15 is 0 Å². The largest absolute Gasteiger partial charge is 0.361 e. The van der Waals surface area contributed by atoms with Crippen LogP contribution in [-0.4, -0.2) is 9.91 Å². The predicted molar refractivity (Wildman–Crippen MR) is 56.0 cm³/mol. The van der Waals surface area contributed by atoms with E-state index in [9.17, 15) is 14.9 Å². The normalized spacial score (nSPS) is 10.5. The molecule has 76 valence electrons. The molecule has 15 heavy (non-hydrogen) atoms. The third-order valence-corrected chi connectivity index (χ3v) is 2.27. The number of nitrogens with zero attached hydrogens (tertiary/aromatic N) is 1. The van der Waals surface area contributed by atoms with Crippen LogP contribution in [0.4, 0.5) is 5.69 Å². The molecular weight excluding hydrogens is 196 g/mol. The number of aromatic amines is 1. The summed E-state index contributed by atoms with van der Waals surface area (Å²) >= 11 is 0. The zero-order valence-corrected chi connectivity index (χ0v) is 7.98. The summed E-state index contributed by atoms with van der Waals surface area (Å²) < 4.78 is 0. The molecule has 1 aromatic carbocycles. The molecule has 5 heteroatoms. The fourth-order valence-electron chi connectivity index (χ4n) is 1.51. The molecule has 0 aliphatic rings. The van der Waals surface area contributed by atoms with Crippen molar-refractivity contribution in [3.05, 3.63) is 50.3 Å². The maximum Gasteiger partial charge on any atom is 0.273 e. The van der Waals surface area contributed by atoms with Crippen LogP contribution in [0.25, 0.3) is 10.9 Å². The van der Waals surface area contributed by atoms with Crippen LogP contribution in [0.5, 0.6) is 0 Å². The van der Waals surface area contributed by atoms with E-state index in [1.54, 1.807) is 13.0 Å². The van der Waals surface area contributed by atoms with Crippen molar-refractivity contribution in [2.45, 2.75) is 6.92 Å².